The summed E-state index contributed by atoms with van der Waals surface area (Å²) in [5.41, 5.74) is 3.49. The van der Waals surface area contributed by atoms with Gasteiger partial charge in [-0.1, -0.05) is 18.2 Å². The smallest absolute Gasteiger partial charge is 0.165 e. The van der Waals surface area contributed by atoms with Gasteiger partial charge in [0.1, 0.15) is 12.4 Å². The van der Waals surface area contributed by atoms with Gasteiger partial charge < -0.3 is 14.6 Å². The van der Waals surface area contributed by atoms with Crippen LogP contribution in [0.3, 0.4) is 0 Å². The van der Waals surface area contributed by atoms with E-state index in [1.807, 2.05) is 26.0 Å². The monoisotopic (exact) mass is 290 g/mol. The molecule has 0 fully saturated rings. The van der Waals surface area contributed by atoms with Gasteiger partial charge in [-0.15, -0.1) is 0 Å². The number of methoxy groups -OCH3 is 1. The Hall–Kier alpha value is -2.07. The summed E-state index contributed by atoms with van der Waals surface area (Å²) in [4.78, 5) is 0. The maximum atomic E-state index is 13.6. The van der Waals surface area contributed by atoms with Crippen molar-refractivity contribution in [1.82, 2.24) is 0 Å². The minimum Gasteiger partial charge on any atom is -0.494 e. The highest BCUT2D eigenvalue weighted by Gasteiger charge is 2.08. The molecule has 0 aromatic heterocycles. The molecule has 21 heavy (non-hydrogen) atoms. The van der Waals surface area contributed by atoms with Crippen LogP contribution in [0.5, 0.6) is 11.5 Å². The van der Waals surface area contributed by atoms with Crippen LogP contribution in [0.4, 0.5) is 4.39 Å². The molecule has 112 valence electrons. The molecule has 0 saturated heterocycles. The van der Waals surface area contributed by atoms with Crippen molar-refractivity contribution in [2.24, 2.45) is 0 Å². The zero-order valence-electron chi connectivity index (χ0n) is 12.4. The van der Waals surface area contributed by atoms with Crippen LogP contribution in [0.25, 0.3) is 0 Å². The standard InChI is InChI=1S/C17H19FO3/c1-11-6-14(9-19)7-12(2)17(11)21-10-13-4-5-16(20-3)15(18)8-13/h4-8,19H,9-10H2,1-3H3. The van der Waals surface area contributed by atoms with Crippen LogP contribution in [0.15, 0.2) is 30.3 Å². The largest absolute Gasteiger partial charge is 0.494 e. The number of aliphatic hydroxyl groups excluding tert-OH is 1. The second kappa shape index (κ2) is 6.59. The van der Waals surface area contributed by atoms with Crippen molar-refractivity contribution >= 4 is 0 Å². The van der Waals surface area contributed by atoms with E-state index in [1.54, 1.807) is 12.1 Å². The first-order valence-corrected chi connectivity index (χ1v) is 6.71. The van der Waals surface area contributed by atoms with Crippen LogP contribution in [0.2, 0.25) is 0 Å². The average molecular weight is 290 g/mol. The number of aliphatic hydroxyl groups is 1. The first-order valence-electron chi connectivity index (χ1n) is 6.71. The molecule has 4 heteroatoms. The van der Waals surface area contributed by atoms with Crippen molar-refractivity contribution in [3.05, 3.63) is 58.4 Å². The quantitative estimate of drug-likeness (QED) is 0.915. The van der Waals surface area contributed by atoms with E-state index in [0.29, 0.717) is 0 Å². The molecule has 2 rings (SSSR count). The second-order valence-electron chi connectivity index (χ2n) is 4.97. The van der Waals surface area contributed by atoms with Crippen LogP contribution in [0.1, 0.15) is 22.3 Å². The average Bonchev–Trinajstić information content (AvgIpc) is 2.46. The van der Waals surface area contributed by atoms with Crippen LogP contribution in [0, 0.1) is 19.7 Å². The highest BCUT2D eigenvalue weighted by molar-refractivity contribution is 5.43. The predicted octanol–water partition coefficient (Wildman–Crippen LogP) is 3.52. The molecule has 0 aliphatic rings. The van der Waals surface area contributed by atoms with E-state index in [4.69, 9.17) is 9.47 Å². The minimum atomic E-state index is -0.400. The molecule has 0 atom stereocenters. The molecule has 0 heterocycles. The van der Waals surface area contributed by atoms with Crippen molar-refractivity contribution in [2.75, 3.05) is 7.11 Å². The second-order valence-corrected chi connectivity index (χ2v) is 4.97. The fourth-order valence-electron chi connectivity index (χ4n) is 2.31. The number of hydrogen-bond donors (Lipinski definition) is 1. The third kappa shape index (κ3) is 3.52. The number of aryl methyl sites for hydroxylation is 2. The topological polar surface area (TPSA) is 38.7 Å². The van der Waals surface area contributed by atoms with E-state index in [9.17, 15) is 9.50 Å². The van der Waals surface area contributed by atoms with Gasteiger partial charge in [0.25, 0.3) is 0 Å². The molecular weight excluding hydrogens is 271 g/mol. The molecule has 2 aromatic rings. The Morgan fingerprint density at radius 3 is 2.24 bits per heavy atom. The van der Waals surface area contributed by atoms with Gasteiger partial charge in [0.2, 0.25) is 0 Å². The number of rotatable bonds is 5. The zero-order chi connectivity index (χ0) is 15.4. The summed E-state index contributed by atoms with van der Waals surface area (Å²) in [6.07, 6.45) is 0. The van der Waals surface area contributed by atoms with Gasteiger partial charge in [-0.3, -0.25) is 0 Å². The molecule has 0 aliphatic heterocycles. The SMILES string of the molecule is COc1ccc(COc2c(C)cc(CO)cc2C)cc1F. The highest BCUT2D eigenvalue weighted by Crippen LogP contribution is 2.26. The lowest BCUT2D eigenvalue weighted by molar-refractivity contribution is 0.280. The normalized spacial score (nSPS) is 10.5. The summed E-state index contributed by atoms with van der Waals surface area (Å²) in [6.45, 7) is 4.14. The van der Waals surface area contributed by atoms with Gasteiger partial charge in [-0.25, -0.2) is 4.39 Å². The van der Waals surface area contributed by atoms with Crippen molar-refractivity contribution in [3.63, 3.8) is 0 Å². The summed E-state index contributed by atoms with van der Waals surface area (Å²) in [7, 11) is 1.43. The van der Waals surface area contributed by atoms with Crippen molar-refractivity contribution in [1.29, 1.82) is 0 Å². The number of hydrogen-bond acceptors (Lipinski definition) is 3. The molecule has 0 radical (unpaired) electrons. The van der Waals surface area contributed by atoms with Gasteiger partial charge in [0, 0.05) is 0 Å². The summed E-state index contributed by atoms with van der Waals surface area (Å²) < 4.78 is 24.3. The van der Waals surface area contributed by atoms with Gasteiger partial charge >= 0.3 is 0 Å². The highest BCUT2D eigenvalue weighted by atomic mass is 19.1. The maximum Gasteiger partial charge on any atom is 0.165 e. The molecular formula is C17H19FO3. The molecule has 3 nitrogen and oxygen atoms in total. The van der Waals surface area contributed by atoms with Crippen molar-refractivity contribution in [3.8, 4) is 11.5 Å². The zero-order valence-corrected chi connectivity index (χ0v) is 12.4. The lowest BCUT2D eigenvalue weighted by atomic mass is 10.1. The van der Waals surface area contributed by atoms with Gasteiger partial charge in [-0.2, -0.15) is 0 Å². The lowest BCUT2D eigenvalue weighted by Crippen LogP contribution is -2.01. The van der Waals surface area contributed by atoms with Crippen molar-refractivity contribution < 1.29 is 19.0 Å². The van der Waals surface area contributed by atoms with E-state index in [0.717, 1.165) is 28.0 Å². The Morgan fingerprint density at radius 2 is 1.71 bits per heavy atom. The Bertz CT molecular complexity index is 615. The summed E-state index contributed by atoms with van der Waals surface area (Å²) >= 11 is 0. The fraction of sp³-hybridized carbons (Fsp3) is 0.294. The van der Waals surface area contributed by atoms with E-state index in [-0.39, 0.29) is 19.0 Å². The van der Waals surface area contributed by atoms with Gasteiger partial charge in [0.05, 0.1) is 13.7 Å². The molecule has 0 spiro atoms. The number of benzene rings is 2. The lowest BCUT2D eigenvalue weighted by Gasteiger charge is -2.14. The molecule has 0 saturated carbocycles. The van der Waals surface area contributed by atoms with Crippen molar-refractivity contribution in [2.45, 2.75) is 27.1 Å². The third-order valence-corrected chi connectivity index (χ3v) is 3.30. The van der Waals surface area contributed by atoms with Crippen LogP contribution in [-0.2, 0) is 13.2 Å². The predicted molar refractivity (Wildman–Crippen MR) is 79.1 cm³/mol. The Balaban J connectivity index is 2.15. The van der Waals surface area contributed by atoms with Gasteiger partial charge in [-0.05, 0) is 48.2 Å². The van der Waals surface area contributed by atoms with Crippen LogP contribution in [-0.4, -0.2) is 12.2 Å². The summed E-state index contributed by atoms with van der Waals surface area (Å²) in [5.74, 6) is 0.588. The van der Waals surface area contributed by atoms with Crippen LogP contribution >= 0.6 is 0 Å². The Morgan fingerprint density at radius 1 is 1.05 bits per heavy atom. The first kappa shape index (κ1) is 15.3. The molecule has 0 bridgehead atoms. The maximum absolute atomic E-state index is 13.6. The van der Waals surface area contributed by atoms with E-state index in [1.165, 1.54) is 13.2 Å². The summed E-state index contributed by atoms with van der Waals surface area (Å²) in [5, 5.41) is 9.17. The van der Waals surface area contributed by atoms with E-state index in [2.05, 4.69) is 0 Å². The number of halogens is 1. The van der Waals surface area contributed by atoms with Gasteiger partial charge in [0.15, 0.2) is 11.6 Å². The first-order chi connectivity index (χ1) is 10.0. The molecule has 2 aromatic carbocycles. The number of ether oxygens (including phenoxy) is 2. The molecule has 0 aliphatic carbocycles. The minimum absolute atomic E-state index is 0.00561. The molecule has 0 unspecified atom stereocenters. The molecule has 1 N–H and O–H groups in total. The fourth-order valence-corrected chi connectivity index (χ4v) is 2.31. The van der Waals surface area contributed by atoms with E-state index >= 15 is 0 Å². The Labute approximate surface area is 124 Å². The third-order valence-electron chi connectivity index (χ3n) is 3.30. The Kier molecular flexibility index (Phi) is 4.81. The summed E-state index contributed by atoms with van der Waals surface area (Å²) in [6, 6.07) is 8.54. The van der Waals surface area contributed by atoms with Crippen LogP contribution < -0.4 is 9.47 Å². The van der Waals surface area contributed by atoms with E-state index < -0.39 is 5.82 Å². The molecule has 0 amide bonds.